The van der Waals surface area contributed by atoms with Crippen LogP contribution in [0, 0.1) is 0 Å². The van der Waals surface area contributed by atoms with Crippen molar-refractivity contribution in [2.24, 2.45) is 0 Å². The van der Waals surface area contributed by atoms with Crippen LogP contribution in [0.5, 0.6) is 0 Å². The van der Waals surface area contributed by atoms with Crippen molar-refractivity contribution in [2.75, 3.05) is 18.0 Å². The molecule has 1 aromatic heterocycles. The summed E-state index contributed by atoms with van der Waals surface area (Å²) in [4.78, 5) is 29.4. The Balaban J connectivity index is 1.48. The van der Waals surface area contributed by atoms with Crippen molar-refractivity contribution < 1.29 is 9.59 Å². The van der Waals surface area contributed by atoms with Gasteiger partial charge < -0.3 is 10.2 Å². The Hall–Kier alpha value is -2.70. The van der Waals surface area contributed by atoms with Crippen LogP contribution in [-0.2, 0) is 11.3 Å². The third kappa shape index (κ3) is 3.74. The number of carbonyl (C=O) groups is 2. The molecule has 7 nitrogen and oxygen atoms in total. The zero-order valence-electron chi connectivity index (χ0n) is 12.8. The highest BCUT2D eigenvalue weighted by atomic mass is 16.2. The van der Waals surface area contributed by atoms with E-state index in [4.69, 9.17) is 0 Å². The summed E-state index contributed by atoms with van der Waals surface area (Å²) in [6.45, 7) is 2.05. The second-order valence-corrected chi connectivity index (χ2v) is 5.46. The van der Waals surface area contributed by atoms with Gasteiger partial charge in [-0.1, -0.05) is 0 Å². The van der Waals surface area contributed by atoms with Gasteiger partial charge in [0, 0.05) is 37.3 Å². The second kappa shape index (κ2) is 7.04. The molecule has 2 amide bonds. The van der Waals surface area contributed by atoms with Crippen LogP contribution in [0.2, 0.25) is 0 Å². The highest BCUT2D eigenvalue weighted by Crippen LogP contribution is 2.21. The molecule has 1 aliphatic heterocycles. The predicted molar refractivity (Wildman–Crippen MR) is 85.0 cm³/mol. The van der Waals surface area contributed by atoms with Crippen molar-refractivity contribution in [3.8, 4) is 0 Å². The molecule has 23 heavy (non-hydrogen) atoms. The minimum atomic E-state index is -0.108. The zero-order chi connectivity index (χ0) is 16.1. The summed E-state index contributed by atoms with van der Waals surface area (Å²) in [7, 11) is 0. The van der Waals surface area contributed by atoms with Gasteiger partial charge in [-0.15, -0.1) is 0 Å². The number of anilines is 1. The van der Waals surface area contributed by atoms with E-state index in [9.17, 15) is 9.59 Å². The summed E-state index contributed by atoms with van der Waals surface area (Å²) in [5.41, 5.74) is 1.45. The van der Waals surface area contributed by atoms with Crippen LogP contribution in [0.1, 0.15) is 29.6 Å². The normalized spacial score (nSPS) is 14.3. The number of amides is 2. The van der Waals surface area contributed by atoms with E-state index < -0.39 is 0 Å². The molecule has 2 aromatic rings. The molecule has 0 aliphatic carbocycles. The molecule has 0 atom stereocenters. The van der Waals surface area contributed by atoms with Gasteiger partial charge >= 0.3 is 0 Å². The maximum Gasteiger partial charge on any atom is 0.251 e. The third-order valence-corrected chi connectivity index (χ3v) is 3.83. The number of rotatable bonds is 6. The quantitative estimate of drug-likeness (QED) is 0.813. The number of aromatic nitrogens is 3. The number of nitrogens with zero attached hydrogens (tertiary/aromatic N) is 4. The predicted octanol–water partition coefficient (Wildman–Crippen LogP) is 1.22. The lowest BCUT2D eigenvalue weighted by Crippen LogP contribution is -2.26. The van der Waals surface area contributed by atoms with Gasteiger partial charge in [-0.25, -0.2) is 4.98 Å². The van der Waals surface area contributed by atoms with E-state index in [1.165, 1.54) is 6.33 Å². The molecule has 1 aliphatic rings. The largest absolute Gasteiger partial charge is 0.352 e. The molecular weight excluding hydrogens is 294 g/mol. The Morgan fingerprint density at radius 3 is 2.74 bits per heavy atom. The van der Waals surface area contributed by atoms with Gasteiger partial charge in [0.05, 0.1) is 0 Å². The third-order valence-electron chi connectivity index (χ3n) is 3.83. The lowest BCUT2D eigenvalue weighted by atomic mass is 10.2. The number of nitrogens with one attached hydrogen (secondary N) is 1. The van der Waals surface area contributed by atoms with E-state index in [-0.39, 0.29) is 11.8 Å². The van der Waals surface area contributed by atoms with Gasteiger partial charge in [0.2, 0.25) is 5.91 Å². The van der Waals surface area contributed by atoms with Crippen molar-refractivity contribution in [3.63, 3.8) is 0 Å². The summed E-state index contributed by atoms with van der Waals surface area (Å²) in [6, 6.07) is 7.17. The van der Waals surface area contributed by atoms with Crippen molar-refractivity contribution in [3.05, 3.63) is 42.5 Å². The summed E-state index contributed by atoms with van der Waals surface area (Å²) < 4.78 is 1.73. The Kier molecular flexibility index (Phi) is 4.65. The molecule has 1 fully saturated rings. The molecule has 1 N–H and O–H groups in total. The van der Waals surface area contributed by atoms with E-state index in [1.807, 2.05) is 12.1 Å². The SMILES string of the molecule is O=C(NCCCn1cncn1)c1ccc(N2CCCC2=O)cc1. The number of benzene rings is 1. The van der Waals surface area contributed by atoms with Crippen LogP contribution in [-0.4, -0.2) is 39.7 Å². The van der Waals surface area contributed by atoms with E-state index in [0.717, 1.165) is 31.6 Å². The fraction of sp³-hybridized carbons (Fsp3) is 0.375. The summed E-state index contributed by atoms with van der Waals surface area (Å²) in [6.07, 6.45) is 5.43. The summed E-state index contributed by atoms with van der Waals surface area (Å²) in [5, 5.41) is 6.88. The minimum absolute atomic E-state index is 0.108. The van der Waals surface area contributed by atoms with Crippen LogP contribution in [0.4, 0.5) is 5.69 Å². The second-order valence-electron chi connectivity index (χ2n) is 5.46. The number of carbonyl (C=O) groups excluding carboxylic acids is 2. The molecule has 0 saturated carbocycles. The molecular formula is C16H19N5O2. The van der Waals surface area contributed by atoms with Gasteiger partial charge in [0.15, 0.2) is 0 Å². The first-order valence-electron chi connectivity index (χ1n) is 7.75. The molecule has 120 valence electrons. The number of aryl methyl sites for hydroxylation is 1. The summed E-state index contributed by atoms with van der Waals surface area (Å²) in [5.74, 6) is 0.0400. The maximum absolute atomic E-state index is 12.1. The van der Waals surface area contributed by atoms with Crippen LogP contribution >= 0.6 is 0 Å². The van der Waals surface area contributed by atoms with Gasteiger partial charge in [-0.2, -0.15) is 5.10 Å². The topological polar surface area (TPSA) is 80.1 Å². The number of hydrogen-bond donors (Lipinski definition) is 1. The molecule has 3 rings (SSSR count). The molecule has 1 aromatic carbocycles. The van der Waals surface area contributed by atoms with Crippen molar-refractivity contribution in [2.45, 2.75) is 25.8 Å². The fourth-order valence-corrected chi connectivity index (χ4v) is 2.61. The molecule has 0 radical (unpaired) electrons. The monoisotopic (exact) mass is 313 g/mol. The molecule has 1 saturated heterocycles. The van der Waals surface area contributed by atoms with Crippen molar-refractivity contribution in [1.82, 2.24) is 20.1 Å². The average Bonchev–Trinajstić information content (AvgIpc) is 3.23. The van der Waals surface area contributed by atoms with E-state index in [2.05, 4.69) is 15.4 Å². The van der Waals surface area contributed by atoms with E-state index >= 15 is 0 Å². The first kappa shape index (κ1) is 15.2. The highest BCUT2D eigenvalue weighted by Gasteiger charge is 2.21. The lowest BCUT2D eigenvalue weighted by molar-refractivity contribution is -0.117. The Labute approximate surface area is 134 Å². The van der Waals surface area contributed by atoms with Gasteiger partial charge in [-0.3, -0.25) is 14.3 Å². The molecule has 7 heteroatoms. The van der Waals surface area contributed by atoms with Gasteiger partial charge in [0.1, 0.15) is 12.7 Å². The minimum Gasteiger partial charge on any atom is -0.352 e. The van der Waals surface area contributed by atoms with Gasteiger partial charge in [-0.05, 0) is 37.1 Å². The lowest BCUT2D eigenvalue weighted by Gasteiger charge is -2.15. The Morgan fingerprint density at radius 2 is 2.09 bits per heavy atom. The van der Waals surface area contributed by atoms with Crippen LogP contribution < -0.4 is 10.2 Å². The van der Waals surface area contributed by atoms with Crippen LogP contribution in [0.3, 0.4) is 0 Å². The fourth-order valence-electron chi connectivity index (χ4n) is 2.61. The average molecular weight is 313 g/mol. The number of hydrogen-bond acceptors (Lipinski definition) is 4. The van der Waals surface area contributed by atoms with Crippen molar-refractivity contribution >= 4 is 17.5 Å². The van der Waals surface area contributed by atoms with Crippen molar-refractivity contribution in [1.29, 1.82) is 0 Å². The Morgan fingerprint density at radius 1 is 1.26 bits per heavy atom. The van der Waals surface area contributed by atoms with E-state index in [0.29, 0.717) is 18.5 Å². The summed E-state index contributed by atoms with van der Waals surface area (Å²) >= 11 is 0. The zero-order valence-corrected chi connectivity index (χ0v) is 12.8. The first-order valence-corrected chi connectivity index (χ1v) is 7.75. The van der Waals surface area contributed by atoms with Gasteiger partial charge in [0.25, 0.3) is 5.91 Å². The van der Waals surface area contributed by atoms with Crippen LogP contribution in [0.15, 0.2) is 36.9 Å². The molecule has 0 spiro atoms. The van der Waals surface area contributed by atoms with E-state index in [1.54, 1.807) is 28.0 Å². The Bertz CT molecular complexity index is 666. The first-order chi connectivity index (χ1) is 11.2. The maximum atomic E-state index is 12.1. The highest BCUT2D eigenvalue weighted by molar-refractivity contribution is 5.97. The van der Waals surface area contributed by atoms with Crippen LogP contribution in [0.25, 0.3) is 0 Å². The smallest absolute Gasteiger partial charge is 0.251 e. The molecule has 0 bridgehead atoms. The standard InChI is InChI=1S/C16H19N5O2/c22-15-3-1-10-21(15)14-6-4-13(5-7-14)16(23)18-8-2-9-20-12-17-11-19-20/h4-7,11-12H,1-3,8-10H2,(H,18,23). The molecule has 2 heterocycles. The molecule has 0 unspecified atom stereocenters.